The molecule has 1 fully saturated rings. The Kier molecular flexibility index (Phi) is 4.12. The van der Waals surface area contributed by atoms with Crippen LogP contribution in [0.1, 0.15) is 37.8 Å². The summed E-state index contributed by atoms with van der Waals surface area (Å²) in [7, 11) is 1.97. The smallest absolute Gasteiger partial charge is 0.223 e. The van der Waals surface area contributed by atoms with Crippen LogP contribution in [0.15, 0.2) is 36.8 Å². The van der Waals surface area contributed by atoms with E-state index < -0.39 is 0 Å². The van der Waals surface area contributed by atoms with E-state index >= 15 is 0 Å². The Bertz CT molecular complexity index is 1190. The van der Waals surface area contributed by atoms with E-state index in [1.807, 2.05) is 24.6 Å². The van der Waals surface area contributed by atoms with Gasteiger partial charge in [-0.1, -0.05) is 36.0 Å². The van der Waals surface area contributed by atoms with Crippen molar-refractivity contribution in [1.29, 1.82) is 0 Å². The molecule has 3 heterocycles. The van der Waals surface area contributed by atoms with Crippen LogP contribution in [0.3, 0.4) is 0 Å². The van der Waals surface area contributed by atoms with Crippen molar-refractivity contribution in [2.24, 2.45) is 13.0 Å². The third-order valence-corrected chi connectivity index (χ3v) is 6.58. The second kappa shape index (κ2) is 6.67. The highest BCUT2D eigenvalue weighted by Gasteiger charge is 2.26. The van der Waals surface area contributed by atoms with Crippen LogP contribution in [0.2, 0.25) is 0 Å². The third kappa shape index (κ3) is 2.86. The molecule has 1 unspecified atom stereocenters. The lowest BCUT2D eigenvalue weighted by Gasteiger charge is -2.26. The first-order valence-corrected chi connectivity index (χ1v) is 10.4. The normalized spacial score (nSPS) is 15.6. The molecular formula is C21H21N5OS. The third-order valence-electron chi connectivity index (χ3n) is 5.57. The van der Waals surface area contributed by atoms with Crippen molar-refractivity contribution in [3.8, 4) is 10.6 Å². The molecule has 1 aromatic carbocycles. The minimum Gasteiger partial charge on any atom is -0.349 e. The molecule has 3 aromatic heterocycles. The SMILES string of the molecule is CC(NC(=O)C1CCC1)c1cccc(-c2nc3c(ncc4ncn(C)c43)s2)c1. The van der Waals surface area contributed by atoms with Crippen molar-refractivity contribution < 1.29 is 4.79 Å². The first kappa shape index (κ1) is 17.3. The van der Waals surface area contributed by atoms with Gasteiger partial charge in [0.25, 0.3) is 0 Å². The maximum Gasteiger partial charge on any atom is 0.223 e. The summed E-state index contributed by atoms with van der Waals surface area (Å²) in [6.07, 6.45) is 6.78. The number of hydrogen-bond donors (Lipinski definition) is 1. The average molecular weight is 392 g/mol. The van der Waals surface area contributed by atoms with Gasteiger partial charge in [-0.25, -0.2) is 15.0 Å². The molecule has 1 amide bonds. The molecule has 0 bridgehead atoms. The van der Waals surface area contributed by atoms with Crippen molar-refractivity contribution >= 4 is 38.6 Å². The minimum absolute atomic E-state index is 0.0238. The summed E-state index contributed by atoms with van der Waals surface area (Å²) in [6.45, 7) is 2.04. The number of benzene rings is 1. The van der Waals surface area contributed by atoms with Crippen molar-refractivity contribution in [2.45, 2.75) is 32.2 Å². The van der Waals surface area contributed by atoms with Crippen LogP contribution in [0.4, 0.5) is 0 Å². The standard InChI is InChI=1S/C21H21N5OS/c1-12(24-19(27)13-5-3-6-13)14-7-4-8-15(9-14)20-25-17-18-16(23-11-26(18)2)10-22-21(17)28-20/h4,7-13H,3,5-6H2,1-2H3,(H,24,27). The monoisotopic (exact) mass is 391 g/mol. The zero-order valence-corrected chi connectivity index (χ0v) is 16.7. The quantitative estimate of drug-likeness (QED) is 0.565. The second-order valence-electron chi connectivity index (χ2n) is 7.50. The molecule has 0 saturated heterocycles. The molecule has 1 aliphatic carbocycles. The fraction of sp³-hybridized carbons (Fsp3) is 0.333. The molecule has 1 aliphatic rings. The first-order chi connectivity index (χ1) is 13.6. The summed E-state index contributed by atoms with van der Waals surface area (Å²) in [5, 5.41) is 4.08. The van der Waals surface area contributed by atoms with Crippen LogP contribution in [0.5, 0.6) is 0 Å². The predicted molar refractivity (Wildman–Crippen MR) is 111 cm³/mol. The van der Waals surface area contributed by atoms with Crippen molar-refractivity contribution in [3.05, 3.63) is 42.4 Å². The number of carbonyl (C=O) groups excluding carboxylic acids is 1. The second-order valence-corrected chi connectivity index (χ2v) is 8.48. The van der Waals surface area contributed by atoms with Crippen LogP contribution in [0.25, 0.3) is 32.0 Å². The van der Waals surface area contributed by atoms with E-state index in [0.29, 0.717) is 0 Å². The molecular weight excluding hydrogens is 370 g/mol. The lowest BCUT2D eigenvalue weighted by atomic mass is 9.84. The number of carbonyl (C=O) groups is 1. The number of imidazole rings is 1. The van der Waals surface area contributed by atoms with E-state index in [1.165, 1.54) is 0 Å². The molecule has 7 heteroatoms. The molecule has 0 radical (unpaired) electrons. The van der Waals surface area contributed by atoms with Gasteiger partial charge in [0.1, 0.15) is 20.9 Å². The van der Waals surface area contributed by atoms with Gasteiger partial charge in [-0.3, -0.25) is 4.79 Å². The highest BCUT2D eigenvalue weighted by molar-refractivity contribution is 7.21. The fourth-order valence-electron chi connectivity index (χ4n) is 3.65. The summed E-state index contributed by atoms with van der Waals surface area (Å²) in [6, 6.07) is 8.23. The van der Waals surface area contributed by atoms with E-state index in [4.69, 9.17) is 4.98 Å². The Hall–Kier alpha value is -2.80. The highest BCUT2D eigenvalue weighted by Crippen LogP contribution is 2.33. The van der Waals surface area contributed by atoms with Gasteiger partial charge in [-0.05, 0) is 31.4 Å². The number of fused-ring (bicyclic) bond motifs is 3. The van der Waals surface area contributed by atoms with Gasteiger partial charge in [-0.2, -0.15) is 0 Å². The summed E-state index contributed by atoms with van der Waals surface area (Å²) >= 11 is 1.58. The van der Waals surface area contributed by atoms with Gasteiger partial charge in [0.05, 0.1) is 24.1 Å². The maximum atomic E-state index is 12.3. The van der Waals surface area contributed by atoms with E-state index in [1.54, 1.807) is 23.9 Å². The van der Waals surface area contributed by atoms with Gasteiger partial charge >= 0.3 is 0 Å². The number of thiazole rings is 1. The summed E-state index contributed by atoms with van der Waals surface area (Å²) < 4.78 is 1.98. The van der Waals surface area contributed by atoms with E-state index in [2.05, 4.69) is 33.5 Å². The number of aromatic nitrogens is 4. The van der Waals surface area contributed by atoms with Gasteiger partial charge in [-0.15, -0.1) is 0 Å². The Balaban J connectivity index is 1.48. The zero-order valence-electron chi connectivity index (χ0n) is 15.8. The molecule has 4 aromatic rings. The Morgan fingerprint density at radius 1 is 1.32 bits per heavy atom. The zero-order chi connectivity index (χ0) is 19.3. The summed E-state index contributed by atoms with van der Waals surface area (Å²) in [5.41, 5.74) is 4.87. The van der Waals surface area contributed by atoms with Crippen LogP contribution >= 0.6 is 11.3 Å². The molecule has 1 N–H and O–H groups in total. The lowest BCUT2D eigenvalue weighted by Crippen LogP contribution is -2.35. The number of aryl methyl sites for hydroxylation is 1. The van der Waals surface area contributed by atoms with Crippen molar-refractivity contribution in [1.82, 2.24) is 24.8 Å². The van der Waals surface area contributed by atoms with Crippen LogP contribution < -0.4 is 5.32 Å². The van der Waals surface area contributed by atoms with Gasteiger partial charge in [0.15, 0.2) is 0 Å². The summed E-state index contributed by atoms with van der Waals surface area (Å²) in [4.78, 5) is 26.9. The number of amides is 1. The van der Waals surface area contributed by atoms with E-state index in [9.17, 15) is 4.79 Å². The minimum atomic E-state index is -0.0238. The topological polar surface area (TPSA) is 72.7 Å². The van der Waals surface area contributed by atoms with E-state index in [-0.39, 0.29) is 17.9 Å². The Morgan fingerprint density at radius 2 is 2.18 bits per heavy atom. The van der Waals surface area contributed by atoms with Crippen molar-refractivity contribution in [3.63, 3.8) is 0 Å². The largest absolute Gasteiger partial charge is 0.349 e. The van der Waals surface area contributed by atoms with Crippen LogP contribution in [-0.4, -0.2) is 25.4 Å². The number of nitrogens with one attached hydrogen (secondary N) is 1. The molecule has 1 atom stereocenters. The number of nitrogens with zero attached hydrogens (tertiary/aromatic N) is 4. The lowest BCUT2D eigenvalue weighted by molar-refractivity contribution is -0.128. The van der Waals surface area contributed by atoms with Crippen LogP contribution in [0, 0.1) is 5.92 Å². The average Bonchev–Trinajstić information content (AvgIpc) is 3.23. The summed E-state index contributed by atoms with van der Waals surface area (Å²) in [5.74, 6) is 0.370. The molecule has 5 rings (SSSR count). The van der Waals surface area contributed by atoms with E-state index in [0.717, 1.165) is 56.8 Å². The molecule has 0 aliphatic heterocycles. The molecule has 142 valence electrons. The van der Waals surface area contributed by atoms with Gasteiger partial charge in [0.2, 0.25) is 5.91 Å². The molecule has 28 heavy (non-hydrogen) atoms. The first-order valence-electron chi connectivity index (χ1n) is 9.57. The van der Waals surface area contributed by atoms with Crippen molar-refractivity contribution in [2.75, 3.05) is 0 Å². The highest BCUT2D eigenvalue weighted by atomic mass is 32.1. The van der Waals surface area contributed by atoms with Crippen LogP contribution in [-0.2, 0) is 11.8 Å². The van der Waals surface area contributed by atoms with Gasteiger partial charge in [0, 0.05) is 18.5 Å². The molecule has 0 spiro atoms. The molecule has 1 saturated carbocycles. The molecule has 6 nitrogen and oxygen atoms in total. The number of rotatable bonds is 4. The maximum absolute atomic E-state index is 12.3. The Labute approximate surface area is 166 Å². The Morgan fingerprint density at radius 3 is 2.96 bits per heavy atom. The fourth-order valence-corrected chi connectivity index (χ4v) is 4.56. The number of hydrogen-bond acceptors (Lipinski definition) is 5. The number of pyridine rings is 1. The predicted octanol–water partition coefficient (Wildman–Crippen LogP) is 4.22. The van der Waals surface area contributed by atoms with Gasteiger partial charge < -0.3 is 9.88 Å².